The number of pyridine rings is 1. The summed E-state index contributed by atoms with van der Waals surface area (Å²) in [5.41, 5.74) is 1.15. The first-order valence-corrected chi connectivity index (χ1v) is 6.73. The molecule has 0 aliphatic carbocycles. The number of alkyl halides is 2. The van der Waals surface area contributed by atoms with Crippen molar-refractivity contribution in [2.45, 2.75) is 11.8 Å². The van der Waals surface area contributed by atoms with Crippen LogP contribution in [0.15, 0.2) is 30.1 Å². The van der Waals surface area contributed by atoms with Crippen molar-refractivity contribution in [1.29, 1.82) is 0 Å². The van der Waals surface area contributed by atoms with E-state index >= 15 is 0 Å². The third kappa shape index (κ3) is 3.56. The van der Waals surface area contributed by atoms with Gasteiger partial charge in [-0.3, -0.25) is 0 Å². The van der Waals surface area contributed by atoms with Crippen LogP contribution in [0, 0.1) is 0 Å². The van der Waals surface area contributed by atoms with E-state index in [4.69, 9.17) is 16.3 Å². The van der Waals surface area contributed by atoms with Gasteiger partial charge in [-0.25, -0.2) is 18.6 Å². The lowest BCUT2D eigenvalue weighted by Crippen LogP contribution is -2.49. The molecule has 0 radical (unpaired) electrons. The topological polar surface area (TPSA) is 42.4 Å². The monoisotopic (exact) mass is 312 g/mol. The van der Waals surface area contributed by atoms with Gasteiger partial charge in [-0.1, -0.05) is 17.7 Å². The molecule has 110 valence electrons. The van der Waals surface area contributed by atoms with E-state index in [0.29, 0.717) is 16.4 Å². The van der Waals surface area contributed by atoms with E-state index < -0.39 is 24.3 Å². The van der Waals surface area contributed by atoms with Gasteiger partial charge in [0.05, 0.1) is 12.2 Å². The lowest BCUT2D eigenvalue weighted by atomic mass is 9.57. The van der Waals surface area contributed by atoms with Gasteiger partial charge in [0.25, 0.3) is 6.43 Å². The first-order valence-electron chi connectivity index (χ1n) is 6.36. The van der Waals surface area contributed by atoms with Gasteiger partial charge in [0.2, 0.25) is 0 Å². The Morgan fingerprint density at radius 1 is 1.48 bits per heavy atom. The van der Waals surface area contributed by atoms with Crippen molar-refractivity contribution in [3.63, 3.8) is 0 Å². The number of rotatable bonds is 5. The zero-order chi connectivity index (χ0) is 15.6. The Bertz CT molecular complexity index is 567. The molecule has 0 saturated heterocycles. The molecule has 2 rings (SSSR count). The van der Waals surface area contributed by atoms with Gasteiger partial charge < -0.3 is 9.64 Å². The lowest BCUT2D eigenvalue weighted by molar-refractivity contribution is -0.135. The zero-order valence-electron chi connectivity index (χ0n) is 11.6. The molecule has 0 atom stereocenters. The molecule has 1 aliphatic rings. The normalized spacial score (nSPS) is 15.0. The number of hydrogen-bond donors (Lipinski definition) is 0. The van der Waals surface area contributed by atoms with Crippen LogP contribution < -0.4 is 0 Å². The minimum Gasteiger partial charge on any atom is -0.456 e. The van der Waals surface area contributed by atoms with E-state index in [9.17, 15) is 13.6 Å². The van der Waals surface area contributed by atoms with Gasteiger partial charge in [-0.15, -0.1) is 0 Å². The van der Waals surface area contributed by atoms with Crippen molar-refractivity contribution in [3.8, 4) is 0 Å². The molecule has 21 heavy (non-hydrogen) atoms. The minimum atomic E-state index is -2.54. The molecule has 1 aromatic rings. The van der Waals surface area contributed by atoms with Gasteiger partial charge >= 0.3 is 5.97 Å². The van der Waals surface area contributed by atoms with Gasteiger partial charge in [-0.05, 0) is 11.6 Å². The Kier molecular flexibility index (Phi) is 4.56. The molecule has 1 aliphatic heterocycles. The Morgan fingerprint density at radius 3 is 2.67 bits per heavy atom. The van der Waals surface area contributed by atoms with Crippen LogP contribution in [0.25, 0.3) is 0 Å². The number of halogens is 3. The second-order valence-electron chi connectivity index (χ2n) is 5.17. The van der Waals surface area contributed by atoms with Gasteiger partial charge in [-0.2, -0.15) is 0 Å². The minimum absolute atomic E-state index is 0.00397. The number of ether oxygens (including phenoxy) is 1. The Labute approximate surface area is 127 Å². The Hall–Kier alpha value is -1.56. The highest BCUT2D eigenvalue weighted by Gasteiger charge is 2.34. The van der Waals surface area contributed by atoms with Crippen molar-refractivity contribution in [2.24, 2.45) is 0 Å². The molecule has 0 fully saturated rings. The Morgan fingerprint density at radius 2 is 2.19 bits per heavy atom. The summed E-state index contributed by atoms with van der Waals surface area (Å²) in [6.07, 6.45) is 0.244. The van der Waals surface area contributed by atoms with Crippen LogP contribution in [-0.4, -0.2) is 51.1 Å². The highest BCUT2D eigenvalue weighted by molar-refractivity contribution is 6.39. The second kappa shape index (κ2) is 6.05. The molecule has 4 nitrogen and oxygen atoms in total. The molecular formula is C12H13B2ClF2N2O2. The fourth-order valence-corrected chi connectivity index (χ4v) is 2.37. The summed E-state index contributed by atoms with van der Waals surface area (Å²) in [6.45, 7) is -0.506. The van der Waals surface area contributed by atoms with E-state index in [1.165, 1.54) is 11.0 Å². The number of esters is 1. The molecule has 9 heteroatoms. The second-order valence-corrected chi connectivity index (χ2v) is 5.56. The maximum atomic E-state index is 12.9. The fourth-order valence-electron chi connectivity index (χ4n) is 2.26. The van der Waals surface area contributed by atoms with E-state index in [-0.39, 0.29) is 6.61 Å². The van der Waals surface area contributed by atoms with Crippen LogP contribution in [-0.2, 0) is 14.9 Å². The highest BCUT2D eigenvalue weighted by Crippen LogP contribution is 2.28. The average Bonchev–Trinajstić information content (AvgIpc) is 2.82. The van der Waals surface area contributed by atoms with Gasteiger partial charge in [0, 0.05) is 17.6 Å². The SMILES string of the molecule is BC(B)(c1ccc(Cl)nc1)N(CC(F)F)C1=CC(=O)OC1. The van der Waals surface area contributed by atoms with E-state index in [1.54, 1.807) is 34.0 Å². The predicted molar refractivity (Wildman–Crippen MR) is 79.8 cm³/mol. The fraction of sp³-hybridized carbons (Fsp3) is 0.333. The number of aromatic nitrogens is 1. The van der Waals surface area contributed by atoms with E-state index in [1.807, 2.05) is 0 Å². The first-order chi connectivity index (χ1) is 9.80. The van der Waals surface area contributed by atoms with E-state index in [2.05, 4.69) is 4.98 Å². The molecular weight excluding hydrogens is 299 g/mol. The van der Waals surface area contributed by atoms with E-state index in [0.717, 1.165) is 0 Å². The van der Waals surface area contributed by atoms with Crippen molar-refractivity contribution in [3.05, 3.63) is 40.8 Å². The summed E-state index contributed by atoms with van der Waals surface area (Å²) in [5.74, 6) is -0.519. The Balaban J connectivity index is 2.36. The first kappa shape index (κ1) is 15.8. The largest absolute Gasteiger partial charge is 0.456 e. The molecule has 0 aromatic carbocycles. The van der Waals surface area contributed by atoms with Gasteiger partial charge in [0.1, 0.15) is 27.5 Å². The predicted octanol–water partition coefficient (Wildman–Crippen LogP) is 0.119. The van der Waals surface area contributed by atoms with Crippen molar-refractivity contribution in [2.75, 3.05) is 13.2 Å². The average molecular weight is 312 g/mol. The molecule has 2 heterocycles. The number of carbonyl (C=O) groups excluding carboxylic acids is 1. The van der Waals surface area contributed by atoms with Crippen molar-refractivity contribution in [1.82, 2.24) is 9.88 Å². The van der Waals surface area contributed by atoms with Crippen LogP contribution in [0.4, 0.5) is 8.78 Å². The van der Waals surface area contributed by atoms with Gasteiger partial charge in [0.15, 0.2) is 0 Å². The number of carbonyl (C=O) groups is 1. The van der Waals surface area contributed by atoms with Crippen LogP contribution >= 0.6 is 11.6 Å². The molecule has 0 saturated carbocycles. The summed E-state index contributed by atoms with van der Waals surface area (Å²) in [4.78, 5) is 16.7. The third-order valence-corrected chi connectivity index (χ3v) is 3.65. The maximum Gasteiger partial charge on any atom is 0.333 e. The summed E-state index contributed by atoms with van der Waals surface area (Å²) < 4.78 is 30.7. The maximum absolute atomic E-state index is 12.9. The van der Waals surface area contributed by atoms with Crippen molar-refractivity contribution < 1.29 is 18.3 Å². The number of cyclic esters (lactones) is 1. The summed E-state index contributed by atoms with van der Waals surface area (Å²) in [5, 5.41) is -0.457. The molecule has 0 amide bonds. The standard InChI is InChI=1S/C12H13B2ClF2N2O2/c13-12(14,7-1-2-9(15)18-4-7)19(5-10(16)17)8-3-11(20)21-6-8/h1-4,10H,5-6,13-14H2. The number of nitrogens with zero attached hydrogens (tertiary/aromatic N) is 2. The summed E-state index contributed by atoms with van der Waals surface area (Å²) in [7, 11) is 3.56. The smallest absolute Gasteiger partial charge is 0.333 e. The molecule has 0 unspecified atom stereocenters. The molecule has 0 spiro atoms. The quantitative estimate of drug-likeness (QED) is 0.440. The number of hydrogen-bond acceptors (Lipinski definition) is 4. The highest BCUT2D eigenvalue weighted by atomic mass is 35.5. The lowest BCUT2D eigenvalue weighted by Gasteiger charge is -2.41. The summed E-state index contributed by atoms with van der Waals surface area (Å²) >= 11 is 5.75. The van der Waals surface area contributed by atoms with Crippen LogP contribution in [0.5, 0.6) is 0 Å². The third-order valence-electron chi connectivity index (χ3n) is 3.42. The zero-order valence-corrected chi connectivity index (χ0v) is 12.4. The van der Waals surface area contributed by atoms with Crippen LogP contribution in [0.1, 0.15) is 5.56 Å². The van der Waals surface area contributed by atoms with Crippen molar-refractivity contribution >= 4 is 33.3 Å². The summed E-state index contributed by atoms with van der Waals surface area (Å²) in [6, 6.07) is 3.33. The van der Waals surface area contributed by atoms with Crippen LogP contribution in [0.3, 0.4) is 0 Å². The van der Waals surface area contributed by atoms with Crippen LogP contribution in [0.2, 0.25) is 5.15 Å². The molecule has 0 N–H and O–H groups in total. The molecule has 1 aromatic heterocycles. The molecule has 0 bridgehead atoms.